The van der Waals surface area contributed by atoms with E-state index in [-0.39, 0.29) is 6.10 Å². The minimum absolute atomic E-state index is 0.243. The van der Waals surface area contributed by atoms with Crippen molar-refractivity contribution in [2.24, 2.45) is 0 Å². The van der Waals surface area contributed by atoms with E-state index in [9.17, 15) is 5.11 Å². The molecule has 0 radical (unpaired) electrons. The van der Waals surface area contributed by atoms with E-state index in [1.807, 2.05) is 6.92 Å². The largest absolute Gasteiger partial charge is 0.393 e. The summed E-state index contributed by atoms with van der Waals surface area (Å²) in [5.74, 6) is 0. The van der Waals surface area contributed by atoms with Crippen LogP contribution in [0, 0.1) is 0 Å². The molecule has 0 aliphatic carbocycles. The lowest BCUT2D eigenvalue weighted by Gasteiger charge is -2.14. The van der Waals surface area contributed by atoms with Gasteiger partial charge in [-0.05, 0) is 42.9 Å². The Morgan fingerprint density at radius 2 is 1.64 bits per heavy atom. The van der Waals surface area contributed by atoms with Gasteiger partial charge in [0, 0.05) is 0 Å². The number of aryl methyl sites for hydroxylation is 2. The molecule has 0 fully saturated rings. The topological polar surface area (TPSA) is 20.2 Å². The molecule has 78 valence electrons. The van der Waals surface area contributed by atoms with Gasteiger partial charge in [-0.1, -0.05) is 32.0 Å². The predicted octanol–water partition coefficient (Wildman–Crippen LogP) is 2.73. The smallest absolute Gasteiger partial charge is 0.0552 e. The average Bonchev–Trinajstić information content (AvgIpc) is 2.17. The Bertz CT molecular complexity index is 267. The summed E-state index contributed by atoms with van der Waals surface area (Å²) in [6, 6.07) is 6.44. The highest BCUT2D eigenvalue weighted by Gasteiger charge is 2.08. The van der Waals surface area contributed by atoms with Crippen LogP contribution in [0.15, 0.2) is 18.2 Å². The van der Waals surface area contributed by atoms with Crippen LogP contribution in [0.5, 0.6) is 0 Å². The lowest BCUT2D eigenvalue weighted by Crippen LogP contribution is -2.09. The van der Waals surface area contributed by atoms with Crippen molar-refractivity contribution in [3.05, 3.63) is 34.9 Å². The zero-order chi connectivity index (χ0) is 10.6. The molecule has 0 bridgehead atoms. The lowest BCUT2D eigenvalue weighted by molar-refractivity contribution is 0.195. The van der Waals surface area contributed by atoms with Crippen molar-refractivity contribution in [3.8, 4) is 0 Å². The van der Waals surface area contributed by atoms with Crippen molar-refractivity contribution >= 4 is 0 Å². The maximum Gasteiger partial charge on any atom is 0.0552 e. The molecule has 0 aliphatic rings. The van der Waals surface area contributed by atoms with Gasteiger partial charge in [0.2, 0.25) is 0 Å². The average molecular weight is 192 g/mol. The van der Waals surface area contributed by atoms with Crippen LogP contribution >= 0.6 is 0 Å². The molecule has 1 aromatic carbocycles. The molecule has 14 heavy (non-hydrogen) atoms. The standard InChI is InChI=1S/C13H20O/c1-4-11-7-6-8-12(5-2)13(11)9-10(3)14/h6-8,10,14H,4-5,9H2,1-3H3. The van der Waals surface area contributed by atoms with Gasteiger partial charge in [0.25, 0.3) is 0 Å². The Morgan fingerprint density at radius 1 is 1.14 bits per heavy atom. The molecule has 1 N–H and O–H groups in total. The van der Waals surface area contributed by atoms with E-state index in [4.69, 9.17) is 0 Å². The van der Waals surface area contributed by atoms with Crippen LogP contribution in [0.3, 0.4) is 0 Å². The quantitative estimate of drug-likeness (QED) is 0.777. The molecular weight excluding hydrogens is 172 g/mol. The third kappa shape index (κ3) is 2.58. The summed E-state index contributed by atoms with van der Waals surface area (Å²) in [6.45, 7) is 6.19. The first-order valence-corrected chi connectivity index (χ1v) is 5.46. The Morgan fingerprint density at radius 3 is 2.00 bits per heavy atom. The molecule has 1 aromatic rings. The Hall–Kier alpha value is -0.820. The third-order valence-electron chi connectivity index (χ3n) is 2.63. The molecule has 0 saturated heterocycles. The van der Waals surface area contributed by atoms with Gasteiger partial charge in [0.05, 0.1) is 6.10 Å². The Labute approximate surface area is 86.8 Å². The first kappa shape index (κ1) is 11.3. The van der Waals surface area contributed by atoms with Gasteiger partial charge >= 0.3 is 0 Å². The van der Waals surface area contributed by atoms with Crippen LogP contribution < -0.4 is 0 Å². The van der Waals surface area contributed by atoms with Crippen molar-refractivity contribution in [3.63, 3.8) is 0 Å². The highest BCUT2D eigenvalue weighted by atomic mass is 16.3. The maximum atomic E-state index is 9.45. The summed E-state index contributed by atoms with van der Waals surface area (Å²) >= 11 is 0. The van der Waals surface area contributed by atoms with Crippen LogP contribution in [0.25, 0.3) is 0 Å². The summed E-state index contributed by atoms with van der Waals surface area (Å²) in [6.07, 6.45) is 2.65. The molecule has 0 spiro atoms. The second-order valence-electron chi connectivity index (χ2n) is 3.82. The summed E-state index contributed by atoms with van der Waals surface area (Å²) < 4.78 is 0. The molecule has 1 atom stereocenters. The van der Waals surface area contributed by atoms with Crippen molar-refractivity contribution in [1.82, 2.24) is 0 Å². The van der Waals surface area contributed by atoms with E-state index in [0.29, 0.717) is 0 Å². The van der Waals surface area contributed by atoms with Crippen molar-refractivity contribution in [2.45, 2.75) is 46.1 Å². The maximum absolute atomic E-state index is 9.45. The van der Waals surface area contributed by atoms with Crippen molar-refractivity contribution in [2.75, 3.05) is 0 Å². The number of hydrogen-bond donors (Lipinski definition) is 1. The number of aliphatic hydroxyl groups excluding tert-OH is 1. The third-order valence-corrected chi connectivity index (χ3v) is 2.63. The van der Waals surface area contributed by atoms with Crippen LogP contribution in [-0.2, 0) is 19.3 Å². The Balaban J connectivity index is 3.05. The van der Waals surface area contributed by atoms with Gasteiger partial charge in [-0.15, -0.1) is 0 Å². The minimum atomic E-state index is -0.243. The number of rotatable bonds is 4. The molecule has 1 rings (SSSR count). The summed E-state index contributed by atoms with van der Waals surface area (Å²) in [5.41, 5.74) is 4.11. The normalized spacial score (nSPS) is 12.9. The summed E-state index contributed by atoms with van der Waals surface area (Å²) in [5, 5.41) is 9.45. The van der Waals surface area contributed by atoms with E-state index in [1.54, 1.807) is 0 Å². The van der Waals surface area contributed by atoms with E-state index in [0.717, 1.165) is 19.3 Å². The number of hydrogen-bond acceptors (Lipinski definition) is 1. The fourth-order valence-electron chi connectivity index (χ4n) is 1.91. The number of benzene rings is 1. The van der Waals surface area contributed by atoms with Gasteiger partial charge in [-0.25, -0.2) is 0 Å². The fraction of sp³-hybridized carbons (Fsp3) is 0.538. The molecule has 0 aromatic heterocycles. The Kier molecular flexibility index (Phi) is 4.15. The van der Waals surface area contributed by atoms with Gasteiger partial charge in [0.1, 0.15) is 0 Å². The van der Waals surface area contributed by atoms with E-state index >= 15 is 0 Å². The van der Waals surface area contributed by atoms with Gasteiger partial charge in [0.15, 0.2) is 0 Å². The second-order valence-corrected chi connectivity index (χ2v) is 3.82. The van der Waals surface area contributed by atoms with E-state index in [2.05, 4.69) is 32.0 Å². The molecule has 0 heterocycles. The highest BCUT2D eigenvalue weighted by Crippen LogP contribution is 2.18. The lowest BCUT2D eigenvalue weighted by atomic mass is 9.94. The highest BCUT2D eigenvalue weighted by molar-refractivity contribution is 5.35. The van der Waals surface area contributed by atoms with Crippen molar-refractivity contribution in [1.29, 1.82) is 0 Å². The second kappa shape index (κ2) is 5.16. The predicted molar refractivity (Wildman–Crippen MR) is 60.6 cm³/mol. The minimum Gasteiger partial charge on any atom is -0.393 e. The van der Waals surface area contributed by atoms with Gasteiger partial charge in [-0.2, -0.15) is 0 Å². The first-order chi connectivity index (χ1) is 6.69. The van der Waals surface area contributed by atoms with E-state index < -0.39 is 0 Å². The van der Waals surface area contributed by atoms with Crippen LogP contribution in [0.1, 0.15) is 37.5 Å². The van der Waals surface area contributed by atoms with Gasteiger partial charge in [-0.3, -0.25) is 0 Å². The summed E-state index contributed by atoms with van der Waals surface area (Å²) in [4.78, 5) is 0. The van der Waals surface area contributed by atoms with Crippen molar-refractivity contribution < 1.29 is 5.11 Å². The van der Waals surface area contributed by atoms with E-state index in [1.165, 1.54) is 16.7 Å². The zero-order valence-electron chi connectivity index (χ0n) is 9.38. The van der Waals surface area contributed by atoms with Crippen LogP contribution in [0.2, 0.25) is 0 Å². The molecule has 0 aliphatic heterocycles. The summed E-state index contributed by atoms with van der Waals surface area (Å²) in [7, 11) is 0. The first-order valence-electron chi connectivity index (χ1n) is 5.46. The zero-order valence-corrected chi connectivity index (χ0v) is 9.38. The van der Waals surface area contributed by atoms with Crippen LogP contribution in [-0.4, -0.2) is 11.2 Å². The molecule has 0 amide bonds. The molecule has 1 heteroatoms. The van der Waals surface area contributed by atoms with Crippen LogP contribution in [0.4, 0.5) is 0 Å². The molecule has 0 saturated carbocycles. The molecule has 1 nitrogen and oxygen atoms in total. The number of aliphatic hydroxyl groups is 1. The monoisotopic (exact) mass is 192 g/mol. The molecular formula is C13H20O. The SMILES string of the molecule is CCc1cccc(CC)c1CC(C)O. The fourth-order valence-corrected chi connectivity index (χ4v) is 1.91. The van der Waals surface area contributed by atoms with Gasteiger partial charge < -0.3 is 5.11 Å². The molecule has 1 unspecified atom stereocenters.